The summed E-state index contributed by atoms with van der Waals surface area (Å²) in [4.78, 5) is 22.8. The number of methoxy groups -OCH3 is 2. The standard InChI is InChI=1S/C15H17N3O4S/c1-10(11-7-5-4-6-8-11)17-18-15(16)23-12(14(20)22-3)9-13(19)21-2/h4-9H,1-3H3,(H2,16,18)/b12-9-,17-10+. The summed E-state index contributed by atoms with van der Waals surface area (Å²) < 4.78 is 9.04. The van der Waals surface area contributed by atoms with Crippen molar-refractivity contribution in [2.75, 3.05) is 14.2 Å². The lowest BCUT2D eigenvalue weighted by molar-refractivity contribution is -0.137. The lowest BCUT2D eigenvalue weighted by Crippen LogP contribution is -2.12. The molecule has 23 heavy (non-hydrogen) atoms. The molecule has 8 heteroatoms. The molecule has 0 spiro atoms. The number of nitrogens with zero attached hydrogens (tertiary/aromatic N) is 2. The molecule has 0 heterocycles. The molecule has 0 saturated carbocycles. The Morgan fingerprint density at radius 1 is 1.13 bits per heavy atom. The van der Waals surface area contributed by atoms with Gasteiger partial charge in [0, 0.05) is 6.08 Å². The van der Waals surface area contributed by atoms with Crippen LogP contribution < -0.4 is 5.73 Å². The highest BCUT2D eigenvalue weighted by Gasteiger charge is 2.15. The van der Waals surface area contributed by atoms with Crippen LogP contribution in [0.4, 0.5) is 0 Å². The van der Waals surface area contributed by atoms with E-state index in [0.29, 0.717) is 5.71 Å². The van der Waals surface area contributed by atoms with Gasteiger partial charge in [0.15, 0.2) is 5.17 Å². The summed E-state index contributed by atoms with van der Waals surface area (Å²) >= 11 is 0.765. The highest BCUT2D eigenvalue weighted by molar-refractivity contribution is 8.17. The SMILES string of the molecule is COC(=O)/C=C(\S/C(N)=N/N=C(\C)c1ccccc1)C(=O)OC. The van der Waals surface area contributed by atoms with Crippen LogP contribution in [-0.4, -0.2) is 37.0 Å². The van der Waals surface area contributed by atoms with Gasteiger partial charge in [-0.25, -0.2) is 9.59 Å². The zero-order valence-corrected chi connectivity index (χ0v) is 13.8. The first kappa shape index (κ1) is 18.4. The Bertz CT molecular complexity index is 654. The minimum Gasteiger partial charge on any atom is -0.466 e. The number of carbonyl (C=O) groups is 2. The van der Waals surface area contributed by atoms with Crippen molar-refractivity contribution >= 4 is 34.6 Å². The van der Waals surface area contributed by atoms with E-state index in [9.17, 15) is 9.59 Å². The summed E-state index contributed by atoms with van der Waals surface area (Å²) in [5.74, 6) is -1.42. The van der Waals surface area contributed by atoms with Gasteiger partial charge in [-0.3, -0.25) is 0 Å². The van der Waals surface area contributed by atoms with Crippen LogP contribution in [0.3, 0.4) is 0 Å². The number of carbonyl (C=O) groups excluding carboxylic acids is 2. The van der Waals surface area contributed by atoms with E-state index >= 15 is 0 Å². The maximum Gasteiger partial charge on any atom is 0.345 e. The van der Waals surface area contributed by atoms with Crippen LogP contribution in [0.2, 0.25) is 0 Å². The summed E-state index contributed by atoms with van der Waals surface area (Å²) in [5.41, 5.74) is 7.27. The number of esters is 2. The molecule has 1 rings (SSSR count). The van der Waals surface area contributed by atoms with Crippen molar-refractivity contribution in [3.05, 3.63) is 46.9 Å². The second-order valence-electron chi connectivity index (χ2n) is 4.12. The largest absolute Gasteiger partial charge is 0.466 e. The molecule has 0 amide bonds. The number of amidine groups is 1. The maximum absolute atomic E-state index is 11.6. The first-order valence-electron chi connectivity index (χ1n) is 6.47. The van der Waals surface area contributed by atoms with Crippen LogP contribution in [-0.2, 0) is 19.1 Å². The second kappa shape index (κ2) is 9.42. The molecule has 1 aromatic carbocycles. The van der Waals surface area contributed by atoms with E-state index in [4.69, 9.17) is 5.73 Å². The maximum atomic E-state index is 11.6. The fraction of sp³-hybridized carbons (Fsp3) is 0.200. The quantitative estimate of drug-likeness (QED) is 0.289. The molecule has 0 aliphatic carbocycles. The van der Waals surface area contributed by atoms with Gasteiger partial charge >= 0.3 is 11.9 Å². The molecule has 0 aromatic heterocycles. The van der Waals surface area contributed by atoms with Crippen LogP contribution >= 0.6 is 11.8 Å². The number of hydrogen-bond donors (Lipinski definition) is 1. The van der Waals surface area contributed by atoms with Crippen LogP contribution in [0.25, 0.3) is 0 Å². The molecule has 0 atom stereocenters. The molecule has 122 valence electrons. The second-order valence-corrected chi connectivity index (χ2v) is 5.18. The third-order valence-corrected chi connectivity index (χ3v) is 3.34. The van der Waals surface area contributed by atoms with Gasteiger partial charge in [-0.15, -0.1) is 5.10 Å². The van der Waals surface area contributed by atoms with Crippen molar-refractivity contribution in [1.82, 2.24) is 0 Å². The molecule has 2 N–H and O–H groups in total. The molecular formula is C15H17N3O4S. The topological polar surface area (TPSA) is 103 Å². The lowest BCUT2D eigenvalue weighted by Gasteiger charge is -2.03. The summed E-state index contributed by atoms with van der Waals surface area (Å²) in [7, 11) is 2.39. The molecule has 1 aromatic rings. The highest BCUT2D eigenvalue weighted by atomic mass is 32.2. The Balaban J connectivity index is 2.90. The van der Waals surface area contributed by atoms with E-state index in [0.717, 1.165) is 23.4 Å². The van der Waals surface area contributed by atoms with E-state index < -0.39 is 11.9 Å². The molecule has 0 unspecified atom stereocenters. The van der Waals surface area contributed by atoms with Crippen molar-refractivity contribution in [1.29, 1.82) is 0 Å². The van der Waals surface area contributed by atoms with Gasteiger partial charge in [0.25, 0.3) is 0 Å². The molecule has 0 aliphatic heterocycles. The molecule has 0 bridgehead atoms. The van der Waals surface area contributed by atoms with E-state index in [2.05, 4.69) is 19.7 Å². The van der Waals surface area contributed by atoms with Gasteiger partial charge in [0.2, 0.25) is 0 Å². The fourth-order valence-corrected chi connectivity index (χ4v) is 2.02. The minimum absolute atomic E-state index is 0.0131. The van der Waals surface area contributed by atoms with Crippen LogP contribution in [0.5, 0.6) is 0 Å². The first-order chi connectivity index (χ1) is 11.0. The Labute approximate surface area is 138 Å². The van der Waals surface area contributed by atoms with Crippen LogP contribution in [0, 0.1) is 0 Å². The molecule has 0 fully saturated rings. The molecular weight excluding hydrogens is 318 g/mol. The summed E-state index contributed by atoms with van der Waals surface area (Å²) in [6.07, 6.45) is 0.979. The van der Waals surface area contributed by atoms with Gasteiger partial charge in [-0.05, 0) is 24.2 Å². The van der Waals surface area contributed by atoms with E-state index in [1.165, 1.54) is 14.2 Å². The first-order valence-corrected chi connectivity index (χ1v) is 7.28. The van der Waals surface area contributed by atoms with Gasteiger partial charge < -0.3 is 15.2 Å². The van der Waals surface area contributed by atoms with Gasteiger partial charge in [-0.1, -0.05) is 30.3 Å². The van der Waals surface area contributed by atoms with Gasteiger partial charge in [0.1, 0.15) is 4.91 Å². The van der Waals surface area contributed by atoms with Crippen LogP contribution in [0.1, 0.15) is 12.5 Å². The van der Waals surface area contributed by atoms with Crippen LogP contribution in [0.15, 0.2) is 51.5 Å². The average Bonchev–Trinajstić information content (AvgIpc) is 2.58. The molecule has 7 nitrogen and oxygen atoms in total. The van der Waals surface area contributed by atoms with Crippen molar-refractivity contribution in [3.63, 3.8) is 0 Å². The molecule has 0 aliphatic rings. The number of ether oxygens (including phenoxy) is 2. The van der Waals surface area contributed by atoms with Gasteiger partial charge in [-0.2, -0.15) is 5.10 Å². The Morgan fingerprint density at radius 3 is 2.35 bits per heavy atom. The third kappa shape index (κ3) is 6.35. The van der Waals surface area contributed by atoms with Crippen molar-refractivity contribution in [3.8, 4) is 0 Å². The number of rotatable bonds is 5. The number of nitrogens with two attached hydrogens (primary N) is 1. The average molecular weight is 335 g/mol. The summed E-state index contributed by atoms with van der Waals surface area (Å²) in [6.45, 7) is 1.78. The Hall–Kier alpha value is -2.61. The predicted octanol–water partition coefficient (Wildman–Crippen LogP) is 1.69. The number of benzene rings is 1. The predicted molar refractivity (Wildman–Crippen MR) is 90.0 cm³/mol. The Morgan fingerprint density at radius 2 is 1.78 bits per heavy atom. The van der Waals surface area contributed by atoms with Crippen molar-refractivity contribution < 1.29 is 19.1 Å². The normalized spacial score (nSPS) is 12.7. The van der Waals surface area contributed by atoms with E-state index in [1.807, 2.05) is 30.3 Å². The van der Waals surface area contributed by atoms with Gasteiger partial charge in [0.05, 0.1) is 19.9 Å². The highest BCUT2D eigenvalue weighted by Crippen LogP contribution is 2.17. The Kier molecular flexibility index (Phi) is 7.55. The molecule has 0 radical (unpaired) electrons. The monoisotopic (exact) mass is 335 g/mol. The summed E-state index contributed by atoms with van der Waals surface area (Å²) in [6, 6.07) is 9.42. The molecule has 0 saturated heterocycles. The number of hydrogen-bond acceptors (Lipinski definition) is 7. The summed E-state index contributed by atoms with van der Waals surface area (Å²) in [5, 5.41) is 7.82. The van der Waals surface area contributed by atoms with Crippen molar-refractivity contribution in [2.45, 2.75) is 6.92 Å². The fourth-order valence-electron chi connectivity index (χ4n) is 1.39. The number of thioether (sulfide) groups is 1. The lowest BCUT2D eigenvalue weighted by atomic mass is 10.1. The third-order valence-electron chi connectivity index (χ3n) is 2.54. The van der Waals surface area contributed by atoms with E-state index in [1.54, 1.807) is 6.92 Å². The zero-order valence-electron chi connectivity index (χ0n) is 13.0. The van der Waals surface area contributed by atoms with E-state index in [-0.39, 0.29) is 10.1 Å². The smallest absolute Gasteiger partial charge is 0.345 e. The van der Waals surface area contributed by atoms with Crippen molar-refractivity contribution in [2.24, 2.45) is 15.9 Å². The zero-order chi connectivity index (χ0) is 17.2. The minimum atomic E-state index is -0.720.